The minimum absolute atomic E-state index is 0.00511. The van der Waals surface area contributed by atoms with E-state index in [0.717, 1.165) is 44.0 Å². The number of piperidine rings is 1. The van der Waals surface area contributed by atoms with E-state index >= 15 is 0 Å². The van der Waals surface area contributed by atoms with Crippen molar-refractivity contribution in [3.8, 4) is 11.5 Å². The quantitative estimate of drug-likeness (QED) is 0.724. The molecule has 1 saturated heterocycles. The molecule has 22 heavy (non-hydrogen) atoms. The van der Waals surface area contributed by atoms with E-state index in [9.17, 15) is 4.79 Å². The first kappa shape index (κ1) is 16.6. The minimum Gasteiger partial charge on any atom is -0.497 e. The number of hydrogen-bond donors (Lipinski definition) is 0. The Morgan fingerprint density at radius 1 is 1.36 bits per heavy atom. The Morgan fingerprint density at radius 3 is 2.95 bits per heavy atom. The molecule has 2 rings (SSSR count). The molecule has 0 spiro atoms. The van der Waals surface area contributed by atoms with Crippen LogP contribution in [0, 0.1) is 5.92 Å². The molecule has 0 amide bonds. The van der Waals surface area contributed by atoms with Crippen molar-refractivity contribution < 1.29 is 19.0 Å². The molecule has 1 atom stereocenters. The van der Waals surface area contributed by atoms with Crippen LogP contribution in [0.15, 0.2) is 24.3 Å². The molecule has 5 heteroatoms. The van der Waals surface area contributed by atoms with Crippen molar-refractivity contribution in [2.75, 3.05) is 40.0 Å². The Morgan fingerprint density at radius 2 is 2.18 bits per heavy atom. The third-order valence-electron chi connectivity index (χ3n) is 3.84. The van der Waals surface area contributed by atoms with Crippen molar-refractivity contribution >= 4 is 5.97 Å². The van der Waals surface area contributed by atoms with Crippen LogP contribution in [0.3, 0.4) is 0 Å². The van der Waals surface area contributed by atoms with Gasteiger partial charge in [0, 0.05) is 19.2 Å². The number of carbonyl (C=O) groups is 1. The highest BCUT2D eigenvalue weighted by molar-refractivity contribution is 5.72. The van der Waals surface area contributed by atoms with Crippen LogP contribution in [0.2, 0.25) is 0 Å². The summed E-state index contributed by atoms with van der Waals surface area (Å²) in [7, 11) is 1.64. The first-order chi connectivity index (χ1) is 10.7. The summed E-state index contributed by atoms with van der Waals surface area (Å²) in [6, 6.07) is 7.59. The van der Waals surface area contributed by atoms with Crippen molar-refractivity contribution in [3.05, 3.63) is 24.3 Å². The van der Waals surface area contributed by atoms with E-state index in [1.807, 2.05) is 31.2 Å². The van der Waals surface area contributed by atoms with Crippen molar-refractivity contribution in [2.45, 2.75) is 19.8 Å². The third kappa shape index (κ3) is 4.91. The Bertz CT molecular complexity index is 477. The van der Waals surface area contributed by atoms with Gasteiger partial charge in [-0.1, -0.05) is 6.07 Å². The highest BCUT2D eigenvalue weighted by Gasteiger charge is 2.26. The molecular formula is C17H25NO4. The predicted octanol–water partition coefficient (Wildman–Crippen LogP) is 2.35. The van der Waals surface area contributed by atoms with Crippen LogP contribution in [0.4, 0.5) is 0 Å². The Hall–Kier alpha value is -1.75. The third-order valence-corrected chi connectivity index (χ3v) is 3.84. The number of rotatable bonds is 7. The first-order valence-electron chi connectivity index (χ1n) is 7.88. The van der Waals surface area contributed by atoms with E-state index in [1.165, 1.54) is 0 Å². The highest BCUT2D eigenvalue weighted by atomic mass is 16.5. The van der Waals surface area contributed by atoms with Crippen LogP contribution in [0.25, 0.3) is 0 Å². The molecule has 0 saturated carbocycles. The number of esters is 1. The van der Waals surface area contributed by atoms with Crippen LogP contribution in [-0.2, 0) is 9.53 Å². The first-order valence-corrected chi connectivity index (χ1v) is 7.88. The lowest BCUT2D eigenvalue weighted by Crippen LogP contribution is -2.41. The standard InChI is InChI=1S/C17H25NO4/c1-3-21-17(19)14-6-5-9-18(13-14)10-11-22-16-8-4-7-15(12-16)20-2/h4,7-8,12,14H,3,5-6,9-11,13H2,1-2H3/t14-/m0/s1. The number of carbonyl (C=O) groups excluding carboxylic acids is 1. The molecule has 1 aromatic rings. The topological polar surface area (TPSA) is 48.0 Å². The van der Waals surface area contributed by atoms with Crippen LogP contribution < -0.4 is 9.47 Å². The highest BCUT2D eigenvalue weighted by Crippen LogP contribution is 2.20. The molecule has 0 bridgehead atoms. The Kier molecular flexibility index (Phi) is 6.52. The Labute approximate surface area is 132 Å². The second-order valence-electron chi connectivity index (χ2n) is 5.42. The molecule has 0 N–H and O–H groups in total. The molecule has 0 aromatic heterocycles. The van der Waals surface area contributed by atoms with Gasteiger partial charge < -0.3 is 14.2 Å². The zero-order valence-corrected chi connectivity index (χ0v) is 13.4. The predicted molar refractivity (Wildman–Crippen MR) is 84.3 cm³/mol. The maximum atomic E-state index is 11.8. The smallest absolute Gasteiger partial charge is 0.310 e. The fraction of sp³-hybridized carbons (Fsp3) is 0.588. The number of benzene rings is 1. The fourth-order valence-electron chi connectivity index (χ4n) is 2.69. The van der Waals surface area contributed by atoms with E-state index in [0.29, 0.717) is 13.2 Å². The fourth-order valence-corrected chi connectivity index (χ4v) is 2.69. The number of ether oxygens (including phenoxy) is 3. The number of methoxy groups -OCH3 is 1. The number of likely N-dealkylation sites (tertiary alicyclic amines) is 1. The summed E-state index contributed by atoms with van der Waals surface area (Å²) in [5.74, 6) is 1.53. The van der Waals surface area contributed by atoms with Gasteiger partial charge in [0.15, 0.2) is 0 Å². The molecule has 5 nitrogen and oxygen atoms in total. The van der Waals surface area contributed by atoms with Crippen molar-refractivity contribution in [1.82, 2.24) is 4.90 Å². The largest absolute Gasteiger partial charge is 0.497 e. The molecule has 1 heterocycles. The molecule has 1 fully saturated rings. The average Bonchev–Trinajstić information content (AvgIpc) is 2.55. The van der Waals surface area contributed by atoms with Gasteiger partial charge in [-0.25, -0.2) is 0 Å². The van der Waals surface area contributed by atoms with E-state index in [1.54, 1.807) is 7.11 Å². The van der Waals surface area contributed by atoms with Gasteiger partial charge in [-0.15, -0.1) is 0 Å². The number of nitrogens with zero attached hydrogens (tertiary/aromatic N) is 1. The van der Waals surface area contributed by atoms with Gasteiger partial charge in [-0.3, -0.25) is 9.69 Å². The SMILES string of the molecule is CCOC(=O)[C@H]1CCCN(CCOc2cccc(OC)c2)C1. The van der Waals surface area contributed by atoms with Crippen LogP contribution in [-0.4, -0.2) is 50.8 Å². The van der Waals surface area contributed by atoms with Crippen molar-refractivity contribution in [2.24, 2.45) is 5.92 Å². The van der Waals surface area contributed by atoms with E-state index in [4.69, 9.17) is 14.2 Å². The second-order valence-corrected chi connectivity index (χ2v) is 5.42. The molecule has 0 aliphatic carbocycles. The van der Waals surface area contributed by atoms with E-state index in [-0.39, 0.29) is 11.9 Å². The van der Waals surface area contributed by atoms with Crippen molar-refractivity contribution in [3.63, 3.8) is 0 Å². The monoisotopic (exact) mass is 307 g/mol. The van der Waals surface area contributed by atoms with Gasteiger partial charge >= 0.3 is 5.97 Å². The molecule has 122 valence electrons. The molecular weight excluding hydrogens is 282 g/mol. The van der Waals surface area contributed by atoms with E-state index < -0.39 is 0 Å². The molecule has 1 aliphatic heterocycles. The van der Waals surface area contributed by atoms with Gasteiger partial charge in [0.05, 0.1) is 19.6 Å². The normalized spacial score (nSPS) is 18.7. The minimum atomic E-state index is -0.0686. The lowest BCUT2D eigenvalue weighted by molar-refractivity contribution is -0.150. The second kappa shape index (κ2) is 8.63. The van der Waals surface area contributed by atoms with E-state index in [2.05, 4.69) is 4.90 Å². The van der Waals surface area contributed by atoms with Crippen LogP contribution in [0.5, 0.6) is 11.5 Å². The van der Waals surface area contributed by atoms with Gasteiger partial charge in [0.2, 0.25) is 0 Å². The summed E-state index contributed by atoms with van der Waals surface area (Å²) in [6.45, 7) is 5.49. The lowest BCUT2D eigenvalue weighted by Gasteiger charge is -2.31. The molecule has 0 radical (unpaired) electrons. The molecule has 1 aromatic carbocycles. The average molecular weight is 307 g/mol. The number of hydrogen-bond acceptors (Lipinski definition) is 5. The summed E-state index contributed by atoms with van der Waals surface area (Å²) in [6.07, 6.45) is 1.95. The summed E-state index contributed by atoms with van der Waals surface area (Å²) in [5, 5.41) is 0. The Balaban J connectivity index is 1.75. The molecule has 0 unspecified atom stereocenters. The zero-order valence-electron chi connectivity index (χ0n) is 13.4. The maximum Gasteiger partial charge on any atom is 0.310 e. The lowest BCUT2D eigenvalue weighted by atomic mass is 9.98. The van der Waals surface area contributed by atoms with Gasteiger partial charge in [-0.05, 0) is 38.4 Å². The molecule has 1 aliphatic rings. The van der Waals surface area contributed by atoms with Crippen LogP contribution in [0.1, 0.15) is 19.8 Å². The van der Waals surface area contributed by atoms with Crippen molar-refractivity contribution in [1.29, 1.82) is 0 Å². The van der Waals surface area contributed by atoms with Crippen LogP contribution >= 0.6 is 0 Å². The van der Waals surface area contributed by atoms with Gasteiger partial charge in [0.1, 0.15) is 18.1 Å². The zero-order chi connectivity index (χ0) is 15.8. The summed E-state index contributed by atoms with van der Waals surface area (Å²) < 4.78 is 16.0. The summed E-state index contributed by atoms with van der Waals surface area (Å²) in [5.41, 5.74) is 0. The maximum absolute atomic E-state index is 11.8. The summed E-state index contributed by atoms with van der Waals surface area (Å²) >= 11 is 0. The van der Waals surface area contributed by atoms with Gasteiger partial charge in [-0.2, -0.15) is 0 Å². The van der Waals surface area contributed by atoms with Gasteiger partial charge in [0.25, 0.3) is 0 Å². The summed E-state index contributed by atoms with van der Waals surface area (Å²) in [4.78, 5) is 14.1.